The highest BCUT2D eigenvalue weighted by molar-refractivity contribution is 6.32. The molecule has 4 rings (SSSR count). The third kappa shape index (κ3) is 11.3. The Morgan fingerprint density at radius 1 is 0.922 bits per heavy atom. The Labute approximate surface area is 298 Å². The molecule has 2 aromatic heterocycles. The quantitative estimate of drug-likeness (QED) is 0.0391. The lowest BCUT2D eigenvalue weighted by Crippen LogP contribution is -2.24. The molecule has 17 nitrogen and oxygen atoms in total. The summed E-state index contributed by atoms with van der Waals surface area (Å²) in [5.74, 6) is 0.0345. The number of imidazole rings is 1. The molecule has 51 heavy (non-hydrogen) atoms. The van der Waals surface area contributed by atoms with Gasteiger partial charge in [0.15, 0.2) is 10.8 Å². The van der Waals surface area contributed by atoms with E-state index in [9.17, 15) is 14.4 Å². The monoisotopic (exact) mass is 729 g/mol. The highest BCUT2D eigenvalue weighted by Gasteiger charge is 2.26. The first-order valence-electron chi connectivity index (χ1n) is 16.4. The van der Waals surface area contributed by atoms with Crippen molar-refractivity contribution in [2.45, 2.75) is 72.1 Å². The molecule has 0 spiro atoms. The topological polar surface area (TPSA) is 202 Å². The maximum Gasteiger partial charge on any atom is 0.511 e. The molecule has 0 saturated heterocycles. The maximum absolute atomic E-state index is 13.2. The number of unbranched alkanes of at least 4 members (excludes halogenated alkanes) is 3. The zero-order valence-electron chi connectivity index (χ0n) is 28.4. The summed E-state index contributed by atoms with van der Waals surface area (Å²) in [7, 11) is 0. The molecule has 0 amide bonds. The molecule has 0 bridgehead atoms. The van der Waals surface area contributed by atoms with Crippen molar-refractivity contribution in [3.05, 3.63) is 70.8 Å². The molecule has 274 valence electrons. The smallest absolute Gasteiger partial charge is 0.447 e. The van der Waals surface area contributed by atoms with Gasteiger partial charge >= 0.3 is 18.2 Å². The van der Waals surface area contributed by atoms with E-state index in [2.05, 4.69) is 25.2 Å². The number of carbonyl (C=O) groups is 3. The average molecular weight is 730 g/mol. The van der Waals surface area contributed by atoms with Crippen LogP contribution in [0.25, 0.3) is 22.5 Å². The number of carbonyl (C=O) groups excluding carboxylic acids is 3. The lowest BCUT2D eigenvalue weighted by Gasteiger charge is -2.16. The normalized spacial score (nSPS) is 11.7. The Kier molecular flexibility index (Phi) is 14.8. The van der Waals surface area contributed by atoms with Crippen molar-refractivity contribution < 1.29 is 48.6 Å². The molecule has 0 aliphatic rings. The number of esters is 1. The largest absolute Gasteiger partial charge is 0.511 e. The molecule has 4 aromatic rings. The Morgan fingerprint density at radius 2 is 1.65 bits per heavy atom. The zero-order chi connectivity index (χ0) is 36.8. The van der Waals surface area contributed by atoms with Crippen molar-refractivity contribution in [1.29, 1.82) is 0 Å². The molecular formula is C33H40ClN7O10. The van der Waals surface area contributed by atoms with Gasteiger partial charge in [0.25, 0.3) is 0 Å². The molecule has 1 unspecified atom stereocenters. The Bertz CT molecular complexity index is 1750. The van der Waals surface area contributed by atoms with Crippen LogP contribution in [0.2, 0.25) is 5.15 Å². The van der Waals surface area contributed by atoms with Crippen molar-refractivity contribution in [1.82, 2.24) is 35.1 Å². The molecule has 0 fully saturated rings. The summed E-state index contributed by atoms with van der Waals surface area (Å²) in [5, 5.41) is 28.9. The number of hydrogen-bond donors (Lipinski definition) is 2. The lowest BCUT2D eigenvalue weighted by atomic mass is 9.98. The van der Waals surface area contributed by atoms with Gasteiger partial charge in [-0.25, -0.2) is 19.4 Å². The fourth-order valence-corrected chi connectivity index (χ4v) is 5.20. The summed E-state index contributed by atoms with van der Waals surface area (Å²) < 4.78 is 22.0. The number of benzene rings is 2. The first kappa shape index (κ1) is 38.9. The Balaban J connectivity index is 1.46. The molecule has 18 heteroatoms. The van der Waals surface area contributed by atoms with Gasteiger partial charge in [-0.1, -0.05) is 78.3 Å². The van der Waals surface area contributed by atoms with Crippen LogP contribution in [-0.2, 0) is 36.8 Å². The second-order valence-corrected chi connectivity index (χ2v) is 11.4. The van der Waals surface area contributed by atoms with E-state index in [0.29, 0.717) is 37.1 Å². The number of ether oxygens (including phenoxy) is 4. The number of nitrogens with zero attached hydrogens (tertiary/aromatic N) is 7. The van der Waals surface area contributed by atoms with Gasteiger partial charge in [0.05, 0.1) is 25.2 Å². The van der Waals surface area contributed by atoms with Crippen LogP contribution in [0, 0.1) is 0 Å². The van der Waals surface area contributed by atoms with Gasteiger partial charge in [0, 0.05) is 25.5 Å². The summed E-state index contributed by atoms with van der Waals surface area (Å²) >= 11 is 6.46. The highest BCUT2D eigenvalue weighted by Crippen LogP contribution is 2.30. The van der Waals surface area contributed by atoms with Crippen LogP contribution in [0.1, 0.15) is 74.8 Å². The first-order chi connectivity index (χ1) is 24.6. The summed E-state index contributed by atoms with van der Waals surface area (Å²) in [5.41, 5.74) is 3.14. The Hall–Kier alpha value is -4.94. The number of hydrogen-bond acceptors (Lipinski definition) is 15. The number of rotatable bonds is 18. The van der Waals surface area contributed by atoms with Crippen molar-refractivity contribution in [2.24, 2.45) is 0 Å². The van der Waals surface area contributed by atoms with Gasteiger partial charge < -0.3 is 23.5 Å². The molecule has 1 atom stereocenters. The van der Waals surface area contributed by atoms with E-state index >= 15 is 0 Å². The van der Waals surface area contributed by atoms with E-state index in [0.717, 1.165) is 34.3 Å². The Morgan fingerprint density at radius 3 is 2.35 bits per heavy atom. The number of aromatic nitrogens is 6. The predicted octanol–water partition coefficient (Wildman–Crippen LogP) is 6.09. The molecule has 2 heterocycles. The summed E-state index contributed by atoms with van der Waals surface area (Å²) in [6.45, 7) is 5.65. The highest BCUT2D eigenvalue weighted by atomic mass is 35.5. The van der Waals surface area contributed by atoms with Crippen LogP contribution < -0.4 is 0 Å². The fraction of sp³-hybridized carbons (Fsp3) is 0.424. The van der Waals surface area contributed by atoms with E-state index in [1.165, 1.54) is 6.92 Å². The third-order valence-corrected chi connectivity index (χ3v) is 7.58. The molecule has 0 aliphatic carbocycles. The predicted molar refractivity (Wildman–Crippen MR) is 179 cm³/mol. The van der Waals surface area contributed by atoms with Crippen LogP contribution in [0.15, 0.2) is 48.5 Å². The lowest BCUT2D eigenvalue weighted by molar-refractivity contribution is -0.492. The second kappa shape index (κ2) is 19.5. The SMILES string of the molecule is CCCCc1nc(Cl)c(C(=O)OC(C)OC(=O)OCC)n1Cc1ccc(-c2ccccc2-c2nnn(C(=O)OCCCCCON(O)O)n2)cc1. The molecule has 0 radical (unpaired) electrons. The van der Waals surface area contributed by atoms with Crippen molar-refractivity contribution in [3.8, 4) is 22.5 Å². The standard InChI is InChI=1S/C33H40ClN7O10/c1-4-6-14-27-35-29(34)28(31(42)50-22(3)51-33(44)47-5-2)39(27)21-23-15-17-24(18-16-23)25-12-8-9-13-26(25)30-36-38-40(37-30)32(43)48-19-10-7-11-20-49-41(45)46/h8-9,12-13,15-18,22,45-46H,4-7,10-11,14,19-21H2,1-3H3. The average Bonchev–Trinajstić information content (AvgIpc) is 3.71. The van der Waals surface area contributed by atoms with Crippen molar-refractivity contribution >= 4 is 29.8 Å². The van der Waals surface area contributed by atoms with E-state index in [4.69, 9.17) is 41.0 Å². The van der Waals surface area contributed by atoms with E-state index < -0.39 is 24.5 Å². The van der Waals surface area contributed by atoms with Gasteiger partial charge in [0.2, 0.25) is 12.1 Å². The van der Waals surface area contributed by atoms with Gasteiger partial charge in [0.1, 0.15) is 5.82 Å². The summed E-state index contributed by atoms with van der Waals surface area (Å²) in [6.07, 6.45) is 1.02. The third-order valence-electron chi connectivity index (χ3n) is 7.32. The van der Waals surface area contributed by atoms with Crippen LogP contribution in [-0.4, -0.2) is 89.9 Å². The van der Waals surface area contributed by atoms with Crippen molar-refractivity contribution in [3.63, 3.8) is 0 Å². The fourth-order valence-electron chi connectivity index (χ4n) is 4.92. The minimum Gasteiger partial charge on any atom is -0.447 e. The van der Waals surface area contributed by atoms with Gasteiger partial charge in [-0.15, -0.1) is 10.2 Å². The summed E-state index contributed by atoms with van der Waals surface area (Å²) in [6, 6.07) is 15.0. The maximum atomic E-state index is 13.2. The van der Waals surface area contributed by atoms with Crippen LogP contribution in [0.5, 0.6) is 0 Å². The zero-order valence-corrected chi connectivity index (χ0v) is 29.2. The van der Waals surface area contributed by atoms with Crippen LogP contribution in [0.4, 0.5) is 9.59 Å². The van der Waals surface area contributed by atoms with Crippen LogP contribution in [0.3, 0.4) is 0 Å². The molecule has 0 aliphatic heterocycles. The first-order valence-corrected chi connectivity index (χ1v) is 16.7. The summed E-state index contributed by atoms with van der Waals surface area (Å²) in [4.78, 5) is 47.1. The number of aryl methyl sites for hydroxylation is 1. The molecular weight excluding hydrogens is 690 g/mol. The van der Waals surface area contributed by atoms with Gasteiger partial charge in [-0.2, -0.15) is 0 Å². The second-order valence-electron chi connectivity index (χ2n) is 11.0. The van der Waals surface area contributed by atoms with Gasteiger partial charge in [-0.05, 0) is 54.5 Å². The molecule has 2 aromatic carbocycles. The number of tetrazole rings is 1. The van der Waals surface area contributed by atoms with E-state index in [-0.39, 0.29) is 48.4 Å². The van der Waals surface area contributed by atoms with Crippen molar-refractivity contribution in [2.75, 3.05) is 19.8 Å². The van der Waals surface area contributed by atoms with Gasteiger partial charge in [-0.3, -0.25) is 15.3 Å². The minimum absolute atomic E-state index is 0.0196. The van der Waals surface area contributed by atoms with Crippen LogP contribution >= 0.6 is 11.6 Å². The van der Waals surface area contributed by atoms with E-state index in [1.807, 2.05) is 55.5 Å². The van der Waals surface area contributed by atoms with E-state index in [1.54, 1.807) is 11.5 Å². The molecule has 0 saturated carbocycles. The molecule has 2 N–H and O–H groups in total. The number of halogens is 1. The minimum atomic E-state index is -1.22.